The van der Waals surface area contributed by atoms with Crippen molar-refractivity contribution >= 4 is 70.2 Å². The largest absolute Gasteiger partial charge is 0.480 e. The maximum atomic E-state index is 13.4. The lowest BCUT2D eigenvalue weighted by Crippen LogP contribution is -2.54. The summed E-state index contributed by atoms with van der Waals surface area (Å²) in [5.41, 5.74) is 9.99. The minimum absolute atomic E-state index is 0.0447. The molecule has 5 amide bonds. The molecule has 16 heteroatoms. The van der Waals surface area contributed by atoms with Gasteiger partial charge in [0.25, 0.3) is 17.7 Å². The number of rotatable bonds is 13. The van der Waals surface area contributed by atoms with Gasteiger partial charge in [0.15, 0.2) is 18.1 Å². The standard InChI is InChI=1S/C45H50ClN7O8/c1-25-3-5-30(17-29(25)19-39(26(2)54)60-24-40(47)55)49-37-22-41(48-23-36(37)46)52-15-11-32(12-16-52)61-33-20-31(21-33)51-13-9-27(10-14-51)28-4-6-34-35(18-28)45(59)53(44(34)58)38-7-8-42(56)50-43(38)57/h3-6,17-19,22-23,27,31-33,38H,7-16,20-21,24H2,1-2H3,(H2,47,55)(H,48,49)(H,50,56,57)/b39-19+. The van der Waals surface area contributed by atoms with Crippen molar-refractivity contribution in [3.8, 4) is 0 Å². The number of benzene rings is 2. The molecule has 0 radical (unpaired) electrons. The highest BCUT2D eigenvalue weighted by atomic mass is 35.5. The molecule has 1 atom stereocenters. The number of Topliss-reactive ketones (excluding diaryl/α,β-unsaturated/α-hetero) is 1. The Balaban J connectivity index is 0.788. The summed E-state index contributed by atoms with van der Waals surface area (Å²) in [4.78, 5) is 84.4. The van der Waals surface area contributed by atoms with Crippen LogP contribution in [0, 0.1) is 6.92 Å². The first kappa shape index (κ1) is 42.1. The number of allylic oxidation sites excluding steroid dienone is 1. The average Bonchev–Trinajstić information content (AvgIpc) is 3.47. The number of carbonyl (C=O) groups excluding carboxylic acids is 6. The van der Waals surface area contributed by atoms with E-state index < -0.39 is 35.6 Å². The molecule has 0 spiro atoms. The Bertz CT molecular complexity index is 2300. The van der Waals surface area contributed by atoms with E-state index in [0.717, 1.165) is 97.8 Å². The van der Waals surface area contributed by atoms with Crippen LogP contribution >= 0.6 is 11.6 Å². The normalized spacial score (nSPS) is 22.8. The van der Waals surface area contributed by atoms with Crippen molar-refractivity contribution in [1.29, 1.82) is 0 Å². The van der Waals surface area contributed by atoms with Crippen LogP contribution in [0.3, 0.4) is 0 Å². The van der Waals surface area contributed by atoms with E-state index in [1.165, 1.54) is 6.92 Å². The van der Waals surface area contributed by atoms with E-state index in [-0.39, 0.29) is 49.1 Å². The number of nitrogens with zero attached hydrogens (tertiary/aromatic N) is 4. The molecule has 1 saturated carbocycles. The Morgan fingerprint density at radius 3 is 2.38 bits per heavy atom. The van der Waals surface area contributed by atoms with E-state index in [4.69, 9.17) is 26.8 Å². The van der Waals surface area contributed by atoms with Gasteiger partial charge in [0, 0.05) is 44.2 Å². The molecule has 5 heterocycles. The maximum absolute atomic E-state index is 13.4. The van der Waals surface area contributed by atoms with Gasteiger partial charge < -0.3 is 30.3 Å². The average molecular weight is 852 g/mol. The monoisotopic (exact) mass is 851 g/mol. The fourth-order valence-electron chi connectivity index (χ4n) is 9.04. The van der Waals surface area contributed by atoms with Gasteiger partial charge in [-0.1, -0.05) is 23.7 Å². The fraction of sp³-hybridized carbons (Fsp3) is 0.444. The summed E-state index contributed by atoms with van der Waals surface area (Å²) in [7, 11) is 0. The number of anilines is 3. The van der Waals surface area contributed by atoms with E-state index in [1.54, 1.807) is 18.3 Å². The van der Waals surface area contributed by atoms with Crippen LogP contribution in [0.4, 0.5) is 17.2 Å². The third-order valence-electron chi connectivity index (χ3n) is 12.6. The van der Waals surface area contributed by atoms with Crippen LogP contribution in [-0.2, 0) is 28.7 Å². The van der Waals surface area contributed by atoms with Crippen molar-refractivity contribution in [2.75, 3.05) is 43.0 Å². The Labute approximate surface area is 358 Å². The van der Waals surface area contributed by atoms with E-state index in [0.29, 0.717) is 27.9 Å². The second kappa shape index (κ2) is 17.8. The number of hydrogen-bond donors (Lipinski definition) is 3. The predicted octanol–water partition coefficient (Wildman–Crippen LogP) is 5.02. The molecular weight excluding hydrogens is 802 g/mol. The zero-order valence-electron chi connectivity index (χ0n) is 34.3. The van der Waals surface area contributed by atoms with Gasteiger partial charge in [-0.25, -0.2) is 4.98 Å². The SMILES string of the molecule is CC(=O)/C(=C\c1cc(Nc2cc(N3CCC(OC4CC(N5CCC(c6ccc7c(c6)C(=O)N(C6CCC(=O)NC6=O)C7=O)CC5)C4)CC3)ncc2Cl)ccc1C)OCC(N)=O. The smallest absolute Gasteiger partial charge is 0.262 e. The van der Waals surface area contributed by atoms with E-state index in [9.17, 15) is 28.8 Å². The first-order valence-electron chi connectivity index (χ1n) is 21.0. The van der Waals surface area contributed by atoms with Gasteiger partial charge in [0.1, 0.15) is 11.9 Å². The van der Waals surface area contributed by atoms with E-state index in [1.807, 2.05) is 43.3 Å². The molecule has 4 aliphatic heterocycles. The van der Waals surface area contributed by atoms with Crippen molar-refractivity contribution in [3.05, 3.63) is 87.3 Å². The highest BCUT2D eigenvalue weighted by molar-refractivity contribution is 6.33. The number of nitrogens with two attached hydrogens (primary N) is 1. The van der Waals surface area contributed by atoms with Gasteiger partial charge in [-0.15, -0.1) is 0 Å². The summed E-state index contributed by atoms with van der Waals surface area (Å²) >= 11 is 6.59. The minimum atomic E-state index is -0.967. The number of pyridine rings is 1. The van der Waals surface area contributed by atoms with Crippen molar-refractivity contribution < 1.29 is 38.2 Å². The number of amides is 5. The van der Waals surface area contributed by atoms with Gasteiger partial charge in [-0.2, -0.15) is 0 Å². The van der Waals surface area contributed by atoms with Crippen LogP contribution in [0.15, 0.2) is 54.4 Å². The Morgan fingerprint density at radius 1 is 0.934 bits per heavy atom. The number of halogens is 1. The number of carbonyl (C=O) groups is 6. The molecule has 4 fully saturated rings. The molecule has 1 unspecified atom stereocenters. The summed E-state index contributed by atoms with van der Waals surface area (Å²) in [6, 6.07) is 12.7. The quantitative estimate of drug-likeness (QED) is 0.118. The second-order valence-electron chi connectivity index (χ2n) is 16.7. The lowest BCUT2D eigenvalue weighted by Gasteiger charge is -2.47. The third kappa shape index (κ3) is 9.19. The predicted molar refractivity (Wildman–Crippen MR) is 227 cm³/mol. The number of ether oxygens (including phenoxy) is 2. The van der Waals surface area contributed by atoms with Crippen LogP contribution in [0.5, 0.6) is 0 Å². The van der Waals surface area contributed by atoms with Crippen LogP contribution in [0.25, 0.3) is 6.08 Å². The lowest BCUT2D eigenvalue weighted by atomic mass is 9.83. The number of primary amides is 1. The molecule has 5 aliphatic rings. The zero-order chi connectivity index (χ0) is 42.9. The lowest BCUT2D eigenvalue weighted by molar-refractivity contribution is -0.136. The number of likely N-dealkylation sites (tertiary alicyclic amines) is 1. The summed E-state index contributed by atoms with van der Waals surface area (Å²) in [5.74, 6) is -1.79. The van der Waals surface area contributed by atoms with Crippen LogP contribution in [0.1, 0.15) is 102 Å². The first-order chi connectivity index (χ1) is 29.3. The van der Waals surface area contributed by atoms with Crippen molar-refractivity contribution in [2.24, 2.45) is 5.73 Å². The number of piperidine rings is 3. The van der Waals surface area contributed by atoms with Gasteiger partial charge in [-0.3, -0.25) is 39.0 Å². The topological polar surface area (TPSA) is 194 Å². The van der Waals surface area contributed by atoms with Crippen LogP contribution in [-0.4, -0.2) is 107 Å². The summed E-state index contributed by atoms with van der Waals surface area (Å²) < 4.78 is 11.9. The Morgan fingerprint density at radius 2 is 1.67 bits per heavy atom. The number of hydrogen-bond acceptors (Lipinski definition) is 12. The molecule has 4 N–H and O–H groups in total. The number of fused-ring (bicyclic) bond motifs is 1. The molecular formula is C45H50ClN7O8. The summed E-state index contributed by atoms with van der Waals surface area (Å²) in [5, 5.41) is 6.11. The molecule has 1 aromatic heterocycles. The highest BCUT2D eigenvalue weighted by Crippen LogP contribution is 2.38. The minimum Gasteiger partial charge on any atom is -0.480 e. The molecule has 0 bridgehead atoms. The van der Waals surface area contributed by atoms with Crippen molar-refractivity contribution in [3.63, 3.8) is 0 Å². The van der Waals surface area contributed by atoms with Crippen molar-refractivity contribution in [2.45, 2.75) is 95.4 Å². The Kier molecular flexibility index (Phi) is 12.2. The molecule has 8 rings (SSSR count). The first-order valence-corrected chi connectivity index (χ1v) is 21.4. The summed E-state index contributed by atoms with van der Waals surface area (Å²) in [6.07, 6.45) is 9.62. The van der Waals surface area contributed by atoms with E-state index in [2.05, 4.69) is 25.4 Å². The summed E-state index contributed by atoms with van der Waals surface area (Å²) in [6.45, 7) is 6.41. The number of aryl methyl sites for hydroxylation is 1. The second-order valence-corrected chi connectivity index (χ2v) is 17.1. The number of aromatic nitrogens is 1. The van der Waals surface area contributed by atoms with Crippen molar-refractivity contribution in [1.82, 2.24) is 20.1 Å². The van der Waals surface area contributed by atoms with Gasteiger partial charge in [0.2, 0.25) is 11.8 Å². The number of imide groups is 2. The van der Waals surface area contributed by atoms with Crippen LogP contribution < -0.4 is 21.3 Å². The van der Waals surface area contributed by atoms with Crippen LogP contribution in [0.2, 0.25) is 5.02 Å². The Hall–Kier alpha value is -5.64. The zero-order valence-corrected chi connectivity index (χ0v) is 35.0. The van der Waals surface area contributed by atoms with Gasteiger partial charge in [-0.05, 0) is 118 Å². The molecule has 320 valence electrons. The number of ketones is 1. The van der Waals surface area contributed by atoms with Gasteiger partial charge >= 0.3 is 0 Å². The fourth-order valence-corrected chi connectivity index (χ4v) is 9.19. The maximum Gasteiger partial charge on any atom is 0.262 e. The molecule has 61 heavy (non-hydrogen) atoms. The molecule has 1 aliphatic carbocycles. The van der Waals surface area contributed by atoms with Gasteiger partial charge in [0.05, 0.1) is 40.2 Å². The molecule has 3 aromatic rings. The van der Waals surface area contributed by atoms with E-state index >= 15 is 0 Å². The molecule has 2 aromatic carbocycles. The molecule has 15 nitrogen and oxygen atoms in total. The number of nitrogens with one attached hydrogen (secondary N) is 2. The highest BCUT2D eigenvalue weighted by Gasteiger charge is 2.45. The molecule has 3 saturated heterocycles. The third-order valence-corrected chi connectivity index (χ3v) is 12.9.